The molecule has 1 aromatic carbocycles. The van der Waals surface area contributed by atoms with E-state index >= 15 is 0 Å². The van der Waals surface area contributed by atoms with Crippen LogP contribution in [0.25, 0.3) is 5.70 Å². The van der Waals surface area contributed by atoms with Crippen LogP contribution in [0.15, 0.2) is 36.5 Å². The molecule has 0 fully saturated rings. The highest BCUT2D eigenvalue weighted by molar-refractivity contribution is 5.61. The molecule has 3 nitrogen and oxygen atoms in total. The standard InChI is InChI=1S/C11H17N3.C2H6/c1-2-8-14(13)9-11(12)10-6-4-3-5-7-10;1-2/h3-7,9H,2,8,12-13H2,1H3;1-2H3/b11-9-;. The minimum absolute atomic E-state index is 0.696. The van der Waals surface area contributed by atoms with E-state index in [-0.39, 0.29) is 0 Å². The fourth-order valence-corrected chi connectivity index (χ4v) is 1.21. The third-order valence-electron chi connectivity index (χ3n) is 1.89. The lowest BCUT2D eigenvalue weighted by molar-refractivity contribution is 0.394. The molecular weight excluding hydrogens is 198 g/mol. The van der Waals surface area contributed by atoms with Gasteiger partial charge in [0.2, 0.25) is 0 Å². The van der Waals surface area contributed by atoms with Gasteiger partial charge in [-0.1, -0.05) is 51.1 Å². The fraction of sp³-hybridized carbons (Fsp3) is 0.385. The van der Waals surface area contributed by atoms with Gasteiger partial charge < -0.3 is 10.7 Å². The minimum Gasteiger partial charge on any atom is -0.397 e. The molecule has 0 heterocycles. The first-order valence-corrected chi connectivity index (χ1v) is 5.78. The normalized spacial score (nSPS) is 10.4. The van der Waals surface area contributed by atoms with Gasteiger partial charge in [-0.25, -0.2) is 5.84 Å². The second kappa shape index (κ2) is 8.80. The van der Waals surface area contributed by atoms with Gasteiger partial charge in [0.05, 0.1) is 5.70 Å². The van der Waals surface area contributed by atoms with Crippen LogP contribution in [0.1, 0.15) is 32.8 Å². The van der Waals surface area contributed by atoms with E-state index in [1.54, 1.807) is 11.2 Å². The van der Waals surface area contributed by atoms with Gasteiger partial charge in [-0.2, -0.15) is 0 Å². The first-order chi connectivity index (χ1) is 7.74. The van der Waals surface area contributed by atoms with Crippen molar-refractivity contribution in [3.05, 3.63) is 42.1 Å². The maximum atomic E-state index is 5.87. The maximum absolute atomic E-state index is 5.87. The Hall–Kier alpha value is -1.48. The average molecular weight is 221 g/mol. The van der Waals surface area contributed by atoms with E-state index in [4.69, 9.17) is 11.6 Å². The van der Waals surface area contributed by atoms with Gasteiger partial charge in [-0.3, -0.25) is 0 Å². The molecule has 0 atom stereocenters. The Balaban J connectivity index is 0.00000106. The molecule has 0 radical (unpaired) electrons. The zero-order valence-corrected chi connectivity index (χ0v) is 10.5. The van der Waals surface area contributed by atoms with E-state index in [0.29, 0.717) is 5.70 Å². The van der Waals surface area contributed by atoms with Gasteiger partial charge in [0, 0.05) is 12.7 Å². The highest BCUT2D eigenvalue weighted by Gasteiger charge is 1.96. The van der Waals surface area contributed by atoms with Crippen LogP contribution in [0.5, 0.6) is 0 Å². The molecule has 90 valence electrons. The highest BCUT2D eigenvalue weighted by atomic mass is 15.4. The molecule has 0 bridgehead atoms. The van der Waals surface area contributed by atoms with Crippen molar-refractivity contribution in [3.8, 4) is 0 Å². The molecule has 0 saturated heterocycles. The summed E-state index contributed by atoms with van der Waals surface area (Å²) in [5, 5.41) is 1.61. The summed E-state index contributed by atoms with van der Waals surface area (Å²) in [6.07, 6.45) is 2.77. The Labute approximate surface area is 98.7 Å². The van der Waals surface area contributed by atoms with Crippen molar-refractivity contribution in [1.29, 1.82) is 0 Å². The SMILES string of the molecule is CC.CCCN(N)/C=C(\N)c1ccccc1. The number of rotatable bonds is 4. The molecule has 1 rings (SSSR count). The molecule has 0 amide bonds. The van der Waals surface area contributed by atoms with Gasteiger partial charge >= 0.3 is 0 Å². The van der Waals surface area contributed by atoms with E-state index < -0.39 is 0 Å². The number of nitrogens with zero attached hydrogens (tertiary/aromatic N) is 1. The van der Waals surface area contributed by atoms with E-state index in [0.717, 1.165) is 18.5 Å². The molecule has 0 unspecified atom stereocenters. The fourth-order valence-electron chi connectivity index (χ4n) is 1.21. The third kappa shape index (κ3) is 5.41. The van der Waals surface area contributed by atoms with Crippen LogP contribution in [0.2, 0.25) is 0 Å². The number of hydrogen-bond donors (Lipinski definition) is 2. The van der Waals surface area contributed by atoms with Crippen molar-refractivity contribution in [1.82, 2.24) is 5.01 Å². The predicted octanol–water partition coefficient (Wildman–Crippen LogP) is 2.56. The summed E-state index contributed by atoms with van der Waals surface area (Å²) in [4.78, 5) is 0. The Kier molecular flexibility index (Phi) is 7.98. The van der Waals surface area contributed by atoms with Crippen LogP contribution in [0.3, 0.4) is 0 Å². The summed E-state index contributed by atoms with van der Waals surface area (Å²) >= 11 is 0. The Morgan fingerprint density at radius 1 is 1.25 bits per heavy atom. The second-order valence-corrected chi connectivity index (χ2v) is 3.19. The molecule has 0 aliphatic rings. The minimum atomic E-state index is 0.696. The third-order valence-corrected chi connectivity index (χ3v) is 1.89. The summed E-state index contributed by atoms with van der Waals surface area (Å²) in [5.41, 5.74) is 7.56. The molecule has 3 heteroatoms. The summed E-state index contributed by atoms with van der Waals surface area (Å²) in [6, 6.07) is 9.80. The smallest absolute Gasteiger partial charge is 0.0564 e. The summed E-state index contributed by atoms with van der Waals surface area (Å²) in [5.74, 6) is 5.70. The van der Waals surface area contributed by atoms with Crippen molar-refractivity contribution in [2.45, 2.75) is 27.2 Å². The Bertz CT molecular complexity index is 293. The second-order valence-electron chi connectivity index (χ2n) is 3.19. The highest BCUT2D eigenvalue weighted by Crippen LogP contribution is 2.07. The van der Waals surface area contributed by atoms with Crippen molar-refractivity contribution in [2.24, 2.45) is 11.6 Å². The van der Waals surface area contributed by atoms with Gasteiger partial charge in [0.1, 0.15) is 0 Å². The quantitative estimate of drug-likeness (QED) is 0.607. The average Bonchev–Trinajstić information content (AvgIpc) is 2.33. The zero-order valence-electron chi connectivity index (χ0n) is 10.5. The largest absolute Gasteiger partial charge is 0.397 e. The van der Waals surface area contributed by atoms with E-state index in [2.05, 4.69) is 6.92 Å². The van der Waals surface area contributed by atoms with Gasteiger partial charge in [0.25, 0.3) is 0 Å². The molecule has 0 spiro atoms. The monoisotopic (exact) mass is 221 g/mol. The topological polar surface area (TPSA) is 55.3 Å². The molecule has 0 aliphatic carbocycles. The van der Waals surface area contributed by atoms with Crippen LogP contribution in [0, 0.1) is 0 Å². The summed E-state index contributed by atoms with van der Waals surface area (Å²) in [6.45, 7) is 6.89. The van der Waals surface area contributed by atoms with Gasteiger partial charge in [-0.15, -0.1) is 0 Å². The molecule has 0 aromatic heterocycles. The molecule has 1 aromatic rings. The first-order valence-electron chi connectivity index (χ1n) is 5.78. The van der Waals surface area contributed by atoms with Crippen LogP contribution in [0.4, 0.5) is 0 Å². The van der Waals surface area contributed by atoms with Crippen molar-refractivity contribution in [3.63, 3.8) is 0 Å². The number of benzene rings is 1. The molecule has 4 N–H and O–H groups in total. The number of hydrogen-bond acceptors (Lipinski definition) is 3. The van der Waals surface area contributed by atoms with Crippen LogP contribution < -0.4 is 11.6 Å². The summed E-state index contributed by atoms with van der Waals surface area (Å²) in [7, 11) is 0. The van der Waals surface area contributed by atoms with Gasteiger partial charge in [0.15, 0.2) is 0 Å². The van der Waals surface area contributed by atoms with E-state index in [1.165, 1.54) is 0 Å². The molecular formula is C13H23N3. The number of hydrazine groups is 1. The Morgan fingerprint density at radius 2 is 1.81 bits per heavy atom. The van der Waals surface area contributed by atoms with Crippen LogP contribution in [-0.2, 0) is 0 Å². The van der Waals surface area contributed by atoms with Crippen LogP contribution >= 0.6 is 0 Å². The lowest BCUT2D eigenvalue weighted by atomic mass is 10.2. The van der Waals surface area contributed by atoms with E-state index in [1.807, 2.05) is 44.2 Å². The van der Waals surface area contributed by atoms with Crippen molar-refractivity contribution >= 4 is 5.70 Å². The van der Waals surface area contributed by atoms with Gasteiger partial charge in [-0.05, 0) is 12.0 Å². The lowest BCUT2D eigenvalue weighted by Crippen LogP contribution is -2.26. The zero-order chi connectivity index (χ0) is 12.4. The summed E-state index contributed by atoms with van der Waals surface area (Å²) < 4.78 is 0. The van der Waals surface area contributed by atoms with Crippen molar-refractivity contribution < 1.29 is 0 Å². The Morgan fingerprint density at radius 3 is 2.31 bits per heavy atom. The molecule has 0 saturated carbocycles. The van der Waals surface area contributed by atoms with Crippen molar-refractivity contribution in [2.75, 3.05) is 6.54 Å². The molecule has 0 aliphatic heterocycles. The molecule has 16 heavy (non-hydrogen) atoms. The number of nitrogens with two attached hydrogens (primary N) is 2. The first kappa shape index (κ1) is 14.5. The maximum Gasteiger partial charge on any atom is 0.0564 e. The lowest BCUT2D eigenvalue weighted by Gasteiger charge is -2.13. The van der Waals surface area contributed by atoms with Crippen LogP contribution in [-0.4, -0.2) is 11.6 Å². The predicted molar refractivity (Wildman–Crippen MR) is 71.1 cm³/mol. The van der Waals surface area contributed by atoms with E-state index in [9.17, 15) is 0 Å².